The van der Waals surface area contributed by atoms with Crippen LogP contribution in [0.15, 0.2) is 15.8 Å². The highest BCUT2D eigenvalue weighted by atomic mass is 19.1. The van der Waals surface area contributed by atoms with E-state index in [1.54, 1.807) is 4.98 Å². The van der Waals surface area contributed by atoms with Crippen molar-refractivity contribution in [3.63, 3.8) is 0 Å². The summed E-state index contributed by atoms with van der Waals surface area (Å²) in [5.74, 6) is -1.66. The van der Waals surface area contributed by atoms with Crippen molar-refractivity contribution in [2.24, 2.45) is 0 Å². The Balaban J connectivity index is 2.16. The molecule has 8 nitrogen and oxygen atoms in total. The Labute approximate surface area is 111 Å². The molecule has 0 spiro atoms. The molecule has 1 aliphatic heterocycles. The molecule has 2 rings (SSSR count). The minimum Gasteiger partial charge on any atom is -0.463 e. The molecule has 3 atom stereocenters. The normalized spacial score (nSPS) is 25.6. The standard InChI is InChI=1S/C11H13FN2O6/c1-5(15)19-4-8-7(16)2-9(20-8)14-3-6(12)10(17)13-11(14)18/h3,7-9,16H,2,4H2,1H3,(H,13,17,18)/t7-,8+,9+/m0/s1. The molecule has 1 aromatic heterocycles. The lowest BCUT2D eigenvalue weighted by atomic mass is 10.2. The lowest BCUT2D eigenvalue weighted by Crippen LogP contribution is -2.34. The number of ether oxygens (including phenoxy) is 2. The van der Waals surface area contributed by atoms with Crippen molar-refractivity contribution in [2.45, 2.75) is 31.8 Å². The molecule has 0 radical (unpaired) electrons. The Kier molecular flexibility index (Phi) is 4.00. The molecule has 1 aliphatic rings. The van der Waals surface area contributed by atoms with Gasteiger partial charge in [-0.05, 0) is 0 Å². The molecule has 110 valence electrons. The zero-order valence-electron chi connectivity index (χ0n) is 10.5. The second-order valence-corrected chi connectivity index (χ2v) is 4.38. The molecule has 0 bridgehead atoms. The van der Waals surface area contributed by atoms with Gasteiger partial charge in [-0.25, -0.2) is 4.79 Å². The number of carbonyl (C=O) groups is 1. The zero-order valence-corrected chi connectivity index (χ0v) is 10.5. The first-order valence-corrected chi connectivity index (χ1v) is 5.86. The number of carbonyl (C=O) groups excluding carboxylic acids is 1. The highest BCUT2D eigenvalue weighted by Crippen LogP contribution is 2.27. The van der Waals surface area contributed by atoms with Crippen molar-refractivity contribution >= 4 is 5.97 Å². The SMILES string of the molecule is CC(=O)OC[C@H]1O[C@@H](n2cc(F)c(=O)[nH]c2=O)C[C@@H]1O. The topological polar surface area (TPSA) is 111 Å². The Hall–Kier alpha value is -2.00. The molecule has 1 saturated heterocycles. The predicted molar refractivity (Wildman–Crippen MR) is 62.4 cm³/mol. The number of aromatic amines is 1. The van der Waals surface area contributed by atoms with Crippen LogP contribution in [-0.2, 0) is 14.3 Å². The largest absolute Gasteiger partial charge is 0.463 e. The average Bonchev–Trinajstić information content (AvgIpc) is 2.72. The summed E-state index contributed by atoms with van der Waals surface area (Å²) in [6, 6.07) is 0. The summed E-state index contributed by atoms with van der Waals surface area (Å²) in [4.78, 5) is 35.0. The molecule has 0 aromatic carbocycles. The van der Waals surface area contributed by atoms with E-state index in [1.165, 1.54) is 6.92 Å². The summed E-state index contributed by atoms with van der Waals surface area (Å²) in [5.41, 5.74) is -1.97. The van der Waals surface area contributed by atoms with E-state index in [9.17, 15) is 23.9 Å². The summed E-state index contributed by atoms with van der Waals surface area (Å²) in [6.45, 7) is 1.04. The van der Waals surface area contributed by atoms with Crippen LogP contribution in [-0.4, -0.2) is 39.4 Å². The second-order valence-electron chi connectivity index (χ2n) is 4.38. The van der Waals surface area contributed by atoms with E-state index >= 15 is 0 Å². The number of aliphatic hydroxyl groups excluding tert-OH is 1. The third-order valence-electron chi connectivity index (χ3n) is 2.89. The molecule has 20 heavy (non-hydrogen) atoms. The quantitative estimate of drug-likeness (QED) is 0.682. The van der Waals surface area contributed by atoms with Crippen molar-refractivity contribution in [3.05, 3.63) is 32.9 Å². The van der Waals surface area contributed by atoms with Crippen LogP contribution in [0.2, 0.25) is 0 Å². The summed E-state index contributed by atoms with van der Waals surface area (Å²) in [7, 11) is 0. The van der Waals surface area contributed by atoms with Gasteiger partial charge < -0.3 is 14.6 Å². The first-order chi connectivity index (χ1) is 9.38. The number of hydrogen-bond acceptors (Lipinski definition) is 6. The maximum atomic E-state index is 13.2. The molecule has 2 heterocycles. The van der Waals surface area contributed by atoms with Crippen LogP contribution >= 0.6 is 0 Å². The number of aliphatic hydroxyl groups is 1. The molecular weight excluding hydrogens is 275 g/mol. The molecule has 9 heteroatoms. The number of esters is 1. The third-order valence-corrected chi connectivity index (χ3v) is 2.89. The minimum absolute atomic E-state index is 0.0112. The lowest BCUT2D eigenvalue weighted by molar-refractivity contribution is -0.147. The van der Waals surface area contributed by atoms with Crippen LogP contribution in [0.25, 0.3) is 0 Å². The number of nitrogens with zero attached hydrogens (tertiary/aromatic N) is 1. The summed E-state index contributed by atoms with van der Waals surface area (Å²) in [5, 5.41) is 9.75. The van der Waals surface area contributed by atoms with Gasteiger partial charge in [-0.2, -0.15) is 4.39 Å². The van der Waals surface area contributed by atoms with E-state index in [0.29, 0.717) is 6.20 Å². The monoisotopic (exact) mass is 288 g/mol. The molecule has 1 fully saturated rings. The maximum Gasteiger partial charge on any atom is 0.330 e. The fourth-order valence-corrected chi connectivity index (χ4v) is 1.91. The van der Waals surface area contributed by atoms with Crippen molar-refractivity contribution in [1.29, 1.82) is 0 Å². The maximum absolute atomic E-state index is 13.2. The van der Waals surface area contributed by atoms with Gasteiger partial charge in [-0.3, -0.25) is 19.1 Å². The van der Waals surface area contributed by atoms with Gasteiger partial charge in [0.15, 0.2) is 0 Å². The average molecular weight is 288 g/mol. The van der Waals surface area contributed by atoms with E-state index in [0.717, 1.165) is 4.57 Å². The van der Waals surface area contributed by atoms with Gasteiger partial charge in [0.25, 0.3) is 5.56 Å². The Morgan fingerprint density at radius 1 is 1.65 bits per heavy atom. The highest BCUT2D eigenvalue weighted by Gasteiger charge is 2.36. The Morgan fingerprint density at radius 2 is 2.35 bits per heavy atom. The van der Waals surface area contributed by atoms with E-state index in [1.807, 2.05) is 0 Å². The van der Waals surface area contributed by atoms with E-state index in [-0.39, 0.29) is 13.0 Å². The number of aromatic nitrogens is 2. The Bertz CT molecular complexity index is 624. The molecule has 0 unspecified atom stereocenters. The third kappa shape index (κ3) is 2.94. The molecule has 1 aromatic rings. The van der Waals surface area contributed by atoms with E-state index < -0.39 is 41.5 Å². The van der Waals surface area contributed by atoms with Gasteiger partial charge in [-0.15, -0.1) is 0 Å². The van der Waals surface area contributed by atoms with Crippen LogP contribution in [0.1, 0.15) is 19.6 Å². The molecule has 0 saturated carbocycles. The number of H-pyrrole nitrogens is 1. The van der Waals surface area contributed by atoms with Crippen LogP contribution in [0, 0.1) is 5.82 Å². The van der Waals surface area contributed by atoms with Gasteiger partial charge in [0.1, 0.15) is 18.9 Å². The number of nitrogens with one attached hydrogen (secondary N) is 1. The van der Waals surface area contributed by atoms with Crippen molar-refractivity contribution in [1.82, 2.24) is 9.55 Å². The van der Waals surface area contributed by atoms with E-state index in [2.05, 4.69) is 0 Å². The summed E-state index contributed by atoms with van der Waals surface area (Å²) < 4.78 is 24.1. The number of rotatable bonds is 3. The second kappa shape index (κ2) is 5.55. The van der Waals surface area contributed by atoms with Crippen molar-refractivity contribution in [3.8, 4) is 0 Å². The van der Waals surface area contributed by atoms with Crippen LogP contribution in [0.5, 0.6) is 0 Å². The van der Waals surface area contributed by atoms with Crippen LogP contribution < -0.4 is 11.2 Å². The van der Waals surface area contributed by atoms with Gasteiger partial charge in [0.2, 0.25) is 5.82 Å². The molecule has 0 aliphatic carbocycles. The van der Waals surface area contributed by atoms with Crippen LogP contribution in [0.4, 0.5) is 4.39 Å². The molecular formula is C11H13FN2O6. The first-order valence-electron chi connectivity index (χ1n) is 5.86. The van der Waals surface area contributed by atoms with Gasteiger partial charge in [0.05, 0.1) is 12.3 Å². The number of hydrogen-bond donors (Lipinski definition) is 2. The van der Waals surface area contributed by atoms with Gasteiger partial charge in [0, 0.05) is 13.3 Å². The first kappa shape index (κ1) is 14.4. The fraction of sp³-hybridized carbons (Fsp3) is 0.545. The molecule has 0 amide bonds. The van der Waals surface area contributed by atoms with Crippen LogP contribution in [0.3, 0.4) is 0 Å². The summed E-state index contributed by atoms with van der Waals surface area (Å²) >= 11 is 0. The Morgan fingerprint density at radius 3 is 3.00 bits per heavy atom. The fourth-order valence-electron chi connectivity index (χ4n) is 1.91. The van der Waals surface area contributed by atoms with E-state index in [4.69, 9.17) is 9.47 Å². The smallest absolute Gasteiger partial charge is 0.330 e. The summed E-state index contributed by atoms with van der Waals surface area (Å²) in [6.07, 6.45) is -2.00. The van der Waals surface area contributed by atoms with Crippen molar-refractivity contribution < 1.29 is 23.8 Å². The molecule has 2 N–H and O–H groups in total. The number of halogens is 1. The zero-order chi connectivity index (χ0) is 14.9. The van der Waals surface area contributed by atoms with Gasteiger partial charge >= 0.3 is 11.7 Å². The minimum atomic E-state index is -1.13. The van der Waals surface area contributed by atoms with Crippen molar-refractivity contribution in [2.75, 3.05) is 6.61 Å². The van der Waals surface area contributed by atoms with Gasteiger partial charge in [-0.1, -0.05) is 0 Å². The predicted octanol–water partition coefficient (Wildman–Crippen LogP) is -1.11. The highest BCUT2D eigenvalue weighted by molar-refractivity contribution is 5.65. The lowest BCUT2D eigenvalue weighted by Gasteiger charge is -2.15.